The summed E-state index contributed by atoms with van der Waals surface area (Å²) in [5, 5.41) is 0. The van der Waals surface area contributed by atoms with E-state index in [0.29, 0.717) is 0 Å². The summed E-state index contributed by atoms with van der Waals surface area (Å²) in [5.74, 6) is -1.17. The van der Waals surface area contributed by atoms with Crippen molar-refractivity contribution < 1.29 is 28.8 Å². The zero-order chi connectivity index (χ0) is 13.1. The third-order valence-electron chi connectivity index (χ3n) is 1.50. The van der Waals surface area contributed by atoms with Crippen LogP contribution in [-0.4, -0.2) is 37.9 Å². The molecule has 0 saturated heterocycles. The standard InChI is InChI=1S/C11H16O6/c1-4-10(12)15-8-9(3)14-6-7-16-17-11(13)5-2/h4-5,9H,1-2,6-8H2,3H3. The molecule has 0 aliphatic carbocycles. The molecule has 1 atom stereocenters. The third-order valence-corrected chi connectivity index (χ3v) is 1.50. The summed E-state index contributed by atoms with van der Waals surface area (Å²) in [6, 6.07) is 0. The molecule has 0 amide bonds. The van der Waals surface area contributed by atoms with Gasteiger partial charge < -0.3 is 9.47 Å². The maximum absolute atomic E-state index is 10.7. The van der Waals surface area contributed by atoms with E-state index in [1.165, 1.54) is 0 Å². The van der Waals surface area contributed by atoms with Crippen molar-refractivity contribution in [1.29, 1.82) is 0 Å². The smallest absolute Gasteiger partial charge is 0.365 e. The van der Waals surface area contributed by atoms with Gasteiger partial charge in [0.2, 0.25) is 0 Å². The molecule has 0 heterocycles. The number of hydrogen-bond donors (Lipinski definition) is 0. The second-order valence-electron chi connectivity index (χ2n) is 2.94. The lowest BCUT2D eigenvalue weighted by molar-refractivity contribution is -0.272. The molecule has 0 rings (SSSR count). The van der Waals surface area contributed by atoms with E-state index in [4.69, 9.17) is 9.47 Å². The van der Waals surface area contributed by atoms with E-state index >= 15 is 0 Å². The fourth-order valence-electron chi connectivity index (χ4n) is 0.724. The van der Waals surface area contributed by atoms with Gasteiger partial charge in [0.1, 0.15) is 13.2 Å². The highest BCUT2D eigenvalue weighted by Crippen LogP contribution is 1.93. The molecule has 6 heteroatoms. The number of carbonyl (C=O) groups is 2. The summed E-state index contributed by atoms with van der Waals surface area (Å²) >= 11 is 0. The van der Waals surface area contributed by atoms with Gasteiger partial charge in [0.25, 0.3) is 0 Å². The molecule has 0 spiro atoms. The maximum Gasteiger partial charge on any atom is 0.365 e. The molecule has 96 valence electrons. The van der Waals surface area contributed by atoms with Gasteiger partial charge in [-0.2, -0.15) is 4.89 Å². The van der Waals surface area contributed by atoms with E-state index < -0.39 is 11.9 Å². The molecule has 0 aromatic heterocycles. The van der Waals surface area contributed by atoms with Crippen LogP contribution in [0.1, 0.15) is 6.92 Å². The fraction of sp³-hybridized carbons (Fsp3) is 0.455. The SMILES string of the molecule is C=CC(=O)OCC(C)OCCOOC(=O)C=C. The minimum Gasteiger partial charge on any atom is -0.460 e. The molecule has 0 aromatic carbocycles. The first kappa shape index (κ1) is 15.3. The van der Waals surface area contributed by atoms with Crippen LogP contribution in [0.4, 0.5) is 0 Å². The summed E-state index contributed by atoms with van der Waals surface area (Å²) in [5.41, 5.74) is 0. The molecular weight excluding hydrogens is 228 g/mol. The topological polar surface area (TPSA) is 71.1 Å². The first-order valence-electron chi connectivity index (χ1n) is 4.96. The Morgan fingerprint density at radius 3 is 2.41 bits per heavy atom. The van der Waals surface area contributed by atoms with E-state index in [0.717, 1.165) is 12.2 Å². The van der Waals surface area contributed by atoms with E-state index in [1.54, 1.807) is 6.92 Å². The van der Waals surface area contributed by atoms with Crippen molar-refractivity contribution in [2.24, 2.45) is 0 Å². The molecule has 1 unspecified atom stereocenters. The van der Waals surface area contributed by atoms with Crippen molar-refractivity contribution in [2.45, 2.75) is 13.0 Å². The minimum atomic E-state index is -0.669. The van der Waals surface area contributed by atoms with Crippen LogP contribution in [0, 0.1) is 0 Å². The van der Waals surface area contributed by atoms with Crippen molar-refractivity contribution in [2.75, 3.05) is 19.8 Å². The van der Waals surface area contributed by atoms with Gasteiger partial charge >= 0.3 is 11.9 Å². The van der Waals surface area contributed by atoms with Crippen LogP contribution in [0.15, 0.2) is 25.3 Å². The number of hydrogen-bond acceptors (Lipinski definition) is 6. The van der Waals surface area contributed by atoms with Crippen molar-refractivity contribution in [3.8, 4) is 0 Å². The van der Waals surface area contributed by atoms with Crippen LogP contribution in [0.2, 0.25) is 0 Å². The van der Waals surface area contributed by atoms with Crippen molar-refractivity contribution in [3.63, 3.8) is 0 Å². The van der Waals surface area contributed by atoms with Crippen molar-refractivity contribution in [1.82, 2.24) is 0 Å². The Balaban J connectivity index is 3.41. The first-order chi connectivity index (χ1) is 8.10. The van der Waals surface area contributed by atoms with E-state index in [2.05, 4.69) is 22.9 Å². The predicted octanol–water partition coefficient (Wildman–Crippen LogP) is 0.781. The predicted molar refractivity (Wildman–Crippen MR) is 58.8 cm³/mol. The van der Waals surface area contributed by atoms with Crippen LogP contribution >= 0.6 is 0 Å². The molecule has 0 aromatic rings. The third kappa shape index (κ3) is 9.28. The highest BCUT2D eigenvalue weighted by atomic mass is 17.2. The Bertz CT molecular complexity index is 273. The average Bonchev–Trinajstić information content (AvgIpc) is 2.34. The quantitative estimate of drug-likeness (QED) is 0.196. The van der Waals surface area contributed by atoms with Gasteiger partial charge in [-0.25, -0.2) is 9.59 Å². The Hall–Kier alpha value is -1.66. The molecule has 0 N–H and O–H groups in total. The zero-order valence-corrected chi connectivity index (χ0v) is 9.72. The lowest BCUT2D eigenvalue weighted by Crippen LogP contribution is -2.20. The van der Waals surface area contributed by atoms with Crippen LogP contribution in [-0.2, 0) is 28.8 Å². The number of rotatable bonds is 9. The Labute approximate surface area is 99.7 Å². The van der Waals surface area contributed by atoms with E-state index in [9.17, 15) is 9.59 Å². The summed E-state index contributed by atoms with van der Waals surface area (Å²) in [7, 11) is 0. The van der Waals surface area contributed by atoms with Crippen LogP contribution in [0.5, 0.6) is 0 Å². The van der Waals surface area contributed by atoms with Gasteiger partial charge in [-0.3, -0.25) is 4.89 Å². The van der Waals surface area contributed by atoms with E-state index in [1.807, 2.05) is 0 Å². The molecule has 0 aliphatic rings. The number of carbonyl (C=O) groups excluding carboxylic acids is 2. The zero-order valence-electron chi connectivity index (χ0n) is 9.72. The summed E-state index contributed by atoms with van der Waals surface area (Å²) in [4.78, 5) is 30.0. The van der Waals surface area contributed by atoms with Gasteiger partial charge in [0.05, 0.1) is 12.7 Å². The first-order valence-corrected chi connectivity index (χ1v) is 4.96. The second kappa shape index (κ2) is 9.56. The molecule has 0 saturated carbocycles. The molecular formula is C11H16O6. The second-order valence-corrected chi connectivity index (χ2v) is 2.94. The fourth-order valence-corrected chi connectivity index (χ4v) is 0.724. The average molecular weight is 244 g/mol. The Morgan fingerprint density at radius 2 is 1.82 bits per heavy atom. The van der Waals surface area contributed by atoms with Gasteiger partial charge in [0.15, 0.2) is 0 Å². The highest BCUT2D eigenvalue weighted by molar-refractivity contribution is 5.81. The molecule has 0 fully saturated rings. The Morgan fingerprint density at radius 1 is 1.18 bits per heavy atom. The summed E-state index contributed by atoms with van der Waals surface area (Å²) in [6.45, 7) is 8.59. The molecule has 17 heavy (non-hydrogen) atoms. The number of esters is 1. The summed E-state index contributed by atoms with van der Waals surface area (Å²) in [6.07, 6.45) is 1.78. The molecule has 0 bridgehead atoms. The van der Waals surface area contributed by atoms with Crippen LogP contribution in [0.3, 0.4) is 0 Å². The lowest BCUT2D eigenvalue weighted by atomic mass is 10.4. The van der Waals surface area contributed by atoms with Crippen LogP contribution < -0.4 is 0 Å². The van der Waals surface area contributed by atoms with E-state index in [-0.39, 0.29) is 25.9 Å². The van der Waals surface area contributed by atoms with Gasteiger partial charge in [-0.1, -0.05) is 13.2 Å². The normalized spacial score (nSPS) is 11.4. The van der Waals surface area contributed by atoms with Gasteiger partial charge in [-0.15, -0.1) is 0 Å². The molecule has 0 aliphatic heterocycles. The largest absolute Gasteiger partial charge is 0.460 e. The monoisotopic (exact) mass is 244 g/mol. The van der Waals surface area contributed by atoms with Gasteiger partial charge in [-0.05, 0) is 6.92 Å². The minimum absolute atomic E-state index is 0.0827. The highest BCUT2D eigenvalue weighted by Gasteiger charge is 2.05. The lowest BCUT2D eigenvalue weighted by Gasteiger charge is -2.12. The van der Waals surface area contributed by atoms with Crippen LogP contribution in [0.25, 0.3) is 0 Å². The van der Waals surface area contributed by atoms with Gasteiger partial charge in [0, 0.05) is 12.2 Å². The molecule has 6 nitrogen and oxygen atoms in total. The summed E-state index contributed by atoms with van der Waals surface area (Å²) < 4.78 is 9.94. The van der Waals surface area contributed by atoms with Crippen molar-refractivity contribution in [3.05, 3.63) is 25.3 Å². The Kier molecular flexibility index (Phi) is 8.62. The van der Waals surface area contributed by atoms with Crippen molar-refractivity contribution >= 4 is 11.9 Å². The maximum atomic E-state index is 10.7. The molecule has 0 radical (unpaired) electrons. The number of ether oxygens (including phenoxy) is 2.